The maximum Gasteiger partial charge on any atom is 0.355 e. The Morgan fingerprint density at radius 1 is 1.10 bits per heavy atom. The van der Waals surface area contributed by atoms with Gasteiger partial charge in [0.2, 0.25) is 0 Å². The first-order valence-corrected chi connectivity index (χ1v) is 10.2. The number of anilines is 2. The molecule has 0 bridgehead atoms. The van der Waals surface area contributed by atoms with E-state index in [2.05, 4.69) is 0 Å². The van der Waals surface area contributed by atoms with E-state index in [1.165, 1.54) is 25.6 Å². The van der Waals surface area contributed by atoms with Gasteiger partial charge in [0.25, 0.3) is 5.91 Å². The van der Waals surface area contributed by atoms with E-state index in [0.717, 1.165) is 17.7 Å². The fraction of sp³-hybridized carbons (Fsp3) is 0.286. The minimum atomic E-state index is -0.661. The van der Waals surface area contributed by atoms with Crippen molar-refractivity contribution in [2.75, 3.05) is 43.9 Å². The summed E-state index contributed by atoms with van der Waals surface area (Å²) >= 11 is 1.40. The summed E-state index contributed by atoms with van der Waals surface area (Å²) in [6.07, 6.45) is 0.746. The molecule has 3 heterocycles. The highest BCUT2D eigenvalue weighted by molar-refractivity contribution is 7.12. The third-order valence-corrected chi connectivity index (χ3v) is 5.94. The maximum absolute atomic E-state index is 12.9. The fourth-order valence-corrected chi connectivity index (χ4v) is 4.30. The van der Waals surface area contributed by atoms with Gasteiger partial charge in [-0.3, -0.25) is 4.79 Å². The highest BCUT2D eigenvalue weighted by atomic mass is 32.1. The molecule has 0 saturated heterocycles. The normalized spacial score (nSPS) is 15.8. The lowest BCUT2D eigenvalue weighted by atomic mass is 10.1. The summed E-state index contributed by atoms with van der Waals surface area (Å²) in [6.45, 7) is 0.587. The first kappa shape index (κ1) is 20.1. The summed E-state index contributed by atoms with van der Waals surface area (Å²) in [4.78, 5) is 41.6. The minimum Gasteiger partial charge on any atom is -0.466 e. The van der Waals surface area contributed by atoms with Crippen LogP contribution in [0.25, 0.3) is 0 Å². The summed E-state index contributed by atoms with van der Waals surface area (Å²) < 4.78 is 15.2. The van der Waals surface area contributed by atoms with Crippen molar-refractivity contribution in [3.8, 4) is 0 Å². The summed E-state index contributed by atoms with van der Waals surface area (Å²) in [5.41, 5.74) is 2.59. The van der Waals surface area contributed by atoms with Crippen LogP contribution >= 0.6 is 11.3 Å². The van der Waals surface area contributed by atoms with E-state index in [0.29, 0.717) is 17.1 Å². The van der Waals surface area contributed by atoms with Gasteiger partial charge in [0.05, 0.1) is 31.3 Å². The Hall–Kier alpha value is -3.17. The zero-order valence-electron chi connectivity index (χ0n) is 16.5. The van der Waals surface area contributed by atoms with E-state index >= 15 is 0 Å². The van der Waals surface area contributed by atoms with Gasteiger partial charge in [0, 0.05) is 17.9 Å². The van der Waals surface area contributed by atoms with Gasteiger partial charge >= 0.3 is 11.9 Å². The predicted octanol–water partition coefficient (Wildman–Crippen LogP) is 2.35. The number of amides is 1. The number of hydrogen-bond donors (Lipinski definition) is 0. The molecule has 1 aromatic heterocycles. The largest absolute Gasteiger partial charge is 0.466 e. The van der Waals surface area contributed by atoms with Crippen LogP contribution < -0.4 is 9.80 Å². The van der Waals surface area contributed by atoms with Gasteiger partial charge in [-0.1, -0.05) is 12.1 Å². The molecule has 9 heteroatoms. The molecule has 2 aliphatic rings. The molecule has 1 aromatic carbocycles. The Labute approximate surface area is 177 Å². The van der Waals surface area contributed by atoms with Crippen LogP contribution in [0.1, 0.15) is 15.2 Å². The maximum atomic E-state index is 12.9. The van der Waals surface area contributed by atoms with Gasteiger partial charge in [0.15, 0.2) is 0 Å². The topological polar surface area (TPSA) is 85.4 Å². The van der Waals surface area contributed by atoms with Gasteiger partial charge in [-0.25, -0.2) is 9.59 Å². The van der Waals surface area contributed by atoms with Crippen molar-refractivity contribution in [1.82, 2.24) is 0 Å². The Morgan fingerprint density at radius 2 is 1.90 bits per heavy atom. The van der Waals surface area contributed by atoms with E-state index in [-0.39, 0.29) is 30.5 Å². The number of rotatable bonds is 4. The highest BCUT2D eigenvalue weighted by Crippen LogP contribution is 2.36. The zero-order valence-corrected chi connectivity index (χ0v) is 17.4. The number of ether oxygens (including phenoxy) is 3. The molecule has 0 aliphatic carbocycles. The third-order valence-electron chi connectivity index (χ3n) is 5.09. The zero-order chi connectivity index (χ0) is 21.3. The molecular formula is C21H20N2O6S. The van der Waals surface area contributed by atoms with Gasteiger partial charge in [0.1, 0.15) is 12.4 Å². The number of carbonyl (C=O) groups is 3. The Bertz CT molecular complexity index is 1030. The standard InChI is InChI=1S/C21H20N2O6S/c1-27-20(25)15-11-29-12-23(18(15)21(26)28-2)14-6-5-13-7-8-22(16(13)10-14)19(24)17-4-3-9-30-17/h3-6,9-10H,7-8,11-12H2,1-2H3. The molecule has 1 amide bonds. The van der Waals surface area contributed by atoms with Crippen LogP contribution in [0.4, 0.5) is 11.4 Å². The lowest BCUT2D eigenvalue weighted by Crippen LogP contribution is -2.39. The Kier molecular flexibility index (Phi) is 5.56. The van der Waals surface area contributed by atoms with Gasteiger partial charge < -0.3 is 24.0 Å². The monoisotopic (exact) mass is 428 g/mol. The van der Waals surface area contributed by atoms with Crippen molar-refractivity contribution in [2.24, 2.45) is 0 Å². The SMILES string of the molecule is COC(=O)C1=C(C(=O)OC)N(c2ccc3c(c2)N(C(=O)c2cccs2)CC3)COC1. The molecule has 30 heavy (non-hydrogen) atoms. The second kappa shape index (κ2) is 8.29. The lowest BCUT2D eigenvalue weighted by molar-refractivity contribution is -0.140. The molecule has 4 rings (SSSR count). The molecule has 0 N–H and O–H groups in total. The van der Waals surface area contributed by atoms with Gasteiger partial charge in [-0.2, -0.15) is 0 Å². The van der Waals surface area contributed by atoms with Crippen molar-refractivity contribution in [1.29, 1.82) is 0 Å². The van der Waals surface area contributed by atoms with Crippen molar-refractivity contribution in [3.63, 3.8) is 0 Å². The van der Waals surface area contributed by atoms with Gasteiger partial charge in [-0.05, 0) is 35.6 Å². The van der Waals surface area contributed by atoms with Crippen LogP contribution in [0.5, 0.6) is 0 Å². The number of carbonyl (C=O) groups excluding carboxylic acids is 3. The van der Waals surface area contributed by atoms with Crippen LogP contribution in [0, 0.1) is 0 Å². The van der Waals surface area contributed by atoms with Crippen LogP contribution in [0.2, 0.25) is 0 Å². The number of benzene rings is 1. The number of fused-ring (bicyclic) bond motifs is 1. The average Bonchev–Trinajstić information content (AvgIpc) is 3.46. The average molecular weight is 428 g/mol. The second-order valence-electron chi connectivity index (χ2n) is 6.71. The van der Waals surface area contributed by atoms with Crippen LogP contribution in [-0.4, -0.2) is 51.9 Å². The van der Waals surface area contributed by atoms with E-state index < -0.39 is 11.9 Å². The lowest BCUT2D eigenvalue weighted by Gasteiger charge is -2.31. The number of hydrogen-bond acceptors (Lipinski definition) is 8. The van der Waals surface area contributed by atoms with Crippen molar-refractivity contribution < 1.29 is 28.6 Å². The number of nitrogens with zero attached hydrogens (tertiary/aromatic N) is 2. The molecule has 0 radical (unpaired) electrons. The quantitative estimate of drug-likeness (QED) is 0.691. The van der Waals surface area contributed by atoms with Crippen LogP contribution in [0.3, 0.4) is 0 Å². The first-order chi connectivity index (χ1) is 14.5. The molecule has 156 valence electrons. The van der Waals surface area contributed by atoms with Gasteiger partial charge in [-0.15, -0.1) is 11.3 Å². The molecule has 2 aliphatic heterocycles. The molecule has 0 fully saturated rings. The van der Waals surface area contributed by atoms with Crippen molar-refractivity contribution in [3.05, 3.63) is 57.4 Å². The first-order valence-electron chi connectivity index (χ1n) is 9.28. The molecule has 0 atom stereocenters. The molecule has 2 aromatic rings. The smallest absolute Gasteiger partial charge is 0.355 e. The Morgan fingerprint density at radius 3 is 2.60 bits per heavy atom. The van der Waals surface area contributed by atoms with E-state index in [1.807, 2.05) is 29.6 Å². The van der Waals surface area contributed by atoms with Crippen molar-refractivity contribution >= 4 is 40.6 Å². The molecular weight excluding hydrogens is 408 g/mol. The second-order valence-corrected chi connectivity index (χ2v) is 7.66. The summed E-state index contributed by atoms with van der Waals surface area (Å²) in [7, 11) is 2.49. The summed E-state index contributed by atoms with van der Waals surface area (Å²) in [5, 5.41) is 1.87. The number of thiophene rings is 1. The molecule has 0 saturated carbocycles. The van der Waals surface area contributed by atoms with E-state index in [9.17, 15) is 14.4 Å². The minimum absolute atomic E-state index is 0.0540. The third kappa shape index (κ3) is 3.46. The fourth-order valence-electron chi connectivity index (χ4n) is 3.63. The molecule has 0 spiro atoms. The van der Waals surface area contributed by atoms with Crippen LogP contribution in [-0.2, 0) is 30.2 Å². The predicted molar refractivity (Wildman–Crippen MR) is 110 cm³/mol. The number of methoxy groups -OCH3 is 2. The Balaban J connectivity index is 1.74. The van der Waals surface area contributed by atoms with E-state index in [4.69, 9.17) is 14.2 Å². The highest BCUT2D eigenvalue weighted by Gasteiger charge is 2.34. The van der Waals surface area contributed by atoms with E-state index in [1.54, 1.807) is 15.9 Å². The summed E-state index contributed by atoms with van der Waals surface area (Å²) in [6, 6.07) is 9.24. The molecule has 8 nitrogen and oxygen atoms in total. The summed E-state index contributed by atoms with van der Waals surface area (Å²) in [5.74, 6) is -1.38. The van der Waals surface area contributed by atoms with Crippen molar-refractivity contribution in [2.45, 2.75) is 6.42 Å². The molecule has 0 unspecified atom stereocenters. The number of esters is 2. The van der Waals surface area contributed by atoms with Crippen LogP contribution in [0.15, 0.2) is 47.0 Å².